The molecular weight excluding hydrogens is 360 g/mol. The summed E-state index contributed by atoms with van der Waals surface area (Å²) in [5.74, 6) is -0.704. The van der Waals surface area contributed by atoms with Crippen LogP contribution >= 0.6 is 0 Å². The second-order valence-corrected chi connectivity index (χ2v) is 7.76. The van der Waals surface area contributed by atoms with Gasteiger partial charge in [0.2, 0.25) is 23.0 Å². The van der Waals surface area contributed by atoms with Crippen LogP contribution in [0, 0.1) is 6.92 Å². The number of hydrogen-bond acceptors (Lipinski definition) is 5. The van der Waals surface area contributed by atoms with Crippen LogP contribution in [0.2, 0.25) is 0 Å². The van der Waals surface area contributed by atoms with Gasteiger partial charge in [-0.25, -0.2) is 0 Å². The summed E-state index contributed by atoms with van der Waals surface area (Å²) in [6.07, 6.45) is 1.10. The second kappa shape index (κ2) is 7.50. The number of aromatic hydroxyl groups is 1. The molecule has 28 heavy (non-hydrogen) atoms. The summed E-state index contributed by atoms with van der Waals surface area (Å²) in [4.78, 5) is 36.9. The molecule has 1 aromatic carbocycles. The first-order chi connectivity index (χ1) is 13.2. The topological polar surface area (TPSA) is 109 Å². The third kappa shape index (κ3) is 4.08. The Morgan fingerprint density at radius 1 is 1.32 bits per heavy atom. The maximum Gasteiger partial charge on any atom is 0.246 e. The summed E-state index contributed by atoms with van der Waals surface area (Å²) in [5, 5.41) is 15.7. The first-order valence-electron chi connectivity index (χ1n) is 9.20. The van der Waals surface area contributed by atoms with Crippen LogP contribution in [0.3, 0.4) is 0 Å². The molecule has 7 heteroatoms. The molecule has 148 valence electrons. The average Bonchev–Trinajstić information content (AvgIpc) is 2.76. The molecule has 0 bridgehead atoms. The van der Waals surface area contributed by atoms with Gasteiger partial charge in [0.1, 0.15) is 11.8 Å². The number of benzene rings is 1. The number of fused-ring (bicyclic) bond motifs is 1. The number of para-hydroxylation sites is 1. The number of carbonyl (C=O) groups is 2. The lowest BCUT2D eigenvalue weighted by atomic mass is 9.85. The molecule has 0 fully saturated rings. The summed E-state index contributed by atoms with van der Waals surface area (Å²) in [7, 11) is 0. The number of nitrogens with one attached hydrogen (secondary N) is 2. The van der Waals surface area contributed by atoms with E-state index >= 15 is 0 Å². The molecule has 2 aromatic rings. The van der Waals surface area contributed by atoms with Gasteiger partial charge in [0.05, 0.1) is 0 Å². The van der Waals surface area contributed by atoms with Gasteiger partial charge in [-0.05, 0) is 31.4 Å². The molecule has 0 spiro atoms. The largest absolute Gasteiger partial charge is 0.502 e. The molecule has 3 N–H and O–H groups in total. The van der Waals surface area contributed by atoms with Gasteiger partial charge in [-0.2, -0.15) is 0 Å². The molecule has 1 aromatic heterocycles. The fourth-order valence-electron chi connectivity index (χ4n) is 3.44. The molecule has 0 radical (unpaired) electrons. The van der Waals surface area contributed by atoms with Crippen molar-refractivity contribution in [2.75, 3.05) is 5.32 Å². The maximum absolute atomic E-state index is 12.6. The first kappa shape index (κ1) is 19.7. The van der Waals surface area contributed by atoms with Gasteiger partial charge in [-0.15, -0.1) is 0 Å². The quantitative estimate of drug-likeness (QED) is 0.750. The molecule has 2 heterocycles. The molecule has 0 saturated carbocycles. The Hall–Kier alpha value is -3.09. The zero-order valence-corrected chi connectivity index (χ0v) is 16.2. The van der Waals surface area contributed by atoms with Crippen molar-refractivity contribution in [1.29, 1.82) is 0 Å². The number of anilines is 1. The van der Waals surface area contributed by atoms with Crippen LogP contribution in [0.15, 0.2) is 39.5 Å². The highest BCUT2D eigenvalue weighted by Gasteiger charge is 2.33. The van der Waals surface area contributed by atoms with Crippen molar-refractivity contribution >= 4 is 17.5 Å². The lowest BCUT2D eigenvalue weighted by Crippen LogP contribution is -2.44. The Kier molecular flexibility index (Phi) is 5.27. The standard InChI is InChI=1S/C21H24N2O5/c1-12-10-16(24)18(26)19(28-12)21(2,3)11-17(25)22-15-9-8-13-6-4-5-7-14(13)23-20(15)27/h4-7,10,15,26H,8-9,11H2,1-3H3,(H,22,25)(H,23,27). The van der Waals surface area contributed by atoms with Crippen LogP contribution in [0.25, 0.3) is 0 Å². The van der Waals surface area contributed by atoms with E-state index in [0.29, 0.717) is 18.6 Å². The van der Waals surface area contributed by atoms with Gasteiger partial charge in [-0.3, -0.25) is 14.4 Å². The van der Waals surface area contributed by atoms with Crippen LogP contribution < -0.4 is 16.1 Å². The molecule has 0 saturated heterocycles. The van der Waals surface area contributed by atoms with E-state index < -0.39 is 22.6 Å². The molecule has 1 aliphatic heterocycles. The highest BCUT2D eigenvalue weighted by Crippen LogP contribution is 2.32. The molecule has 0 aliphatic carbocycles. The highest BCUT2D eigenvalue weighted by atomic mass is 16.4. The maximum atomic E-state index is 12.6. The van der Waals surface area contributed by atoms with Crippen molar-refractivity contribution in [2.24, 2.45) is 0 Å². The number of carbonyl (C=O) groups excluding carboxylic acids is 2. The van der Waals surface area contributed by atoms with Crippen LogP contribution in [0.1, 0.15) is 43.8 Å². The SMILES string of the molecule is Cc1cc(=O)c(O)c(C(C)(C)CC(=O)NC2CCc3ccccc3NC2=O)o1. The Morgan fingerprint density at radius 2 is 2.04 bits per heavy atom. The van der Waals surface area contributed by atoms with Crippen molar-refractivity contribution in [2.45, 2.75) is 51.5 Å². The average molecular weight is 384 g/mol. The highest BCUT2D eigenvalue weighted by molar-refractivity contribution is 5.98. The minimum Gasteiger partial charge on any atom is -0.502 e. The van der Waals surface area contributed by atoms with Crippen LogP contribution in [-0.2, 0) is 21.4 Å². The zero-order chi connectivity index (χ0) is 20.5. The number of amides is 2. The van der Waals surface area contributed by atoms with E-state index in [9.17, 15) is 19.5 Å². The van der Waals surface area contributed by atoms with Crippen molar-refractivity contribution in [3.63, 3.8) is 0 Å². The van der Waals surface area contributed by atoms with Gasteiger partial charge in [-0.1, -0.05) is 32.0 Å². The van der Waals surface area contributed by atoms with E-state index in [0.717, 1.165) is 11.3 Å². The third-order valence-electron chi connectivity index (χ3n) is 4.89. The van der Waals surface area contributed by atoms with Gasteiger partial charge in [0, 0.05) is 23.6 Å². The van der Waals surface area contributed by atoms with E-state index in [-0.39, 0.29) is 24.0 Å². The van der Waals surface area contributed by atoms with Gasteiger partial charge < -0.3 is 20.2 Å². The Bertz CT molecular complexity index is 977. The van der Waals surface area contributed by atoms with E-state index in [4.69, 9.17) is 4.42 Å². The summed E-state index contributed by atoms with van der Waals surface area (Å²) in [6.45, 7) is 5.01. The van der Waals surface area contributed by atoms with Crippen molar-refractivity contribution in [1.82, 2.24) is 5.32 Å². The van der Waals surface area contributed by atoms with Crippen LogP contribution in [-0.4, -0.2) is 23.0 Å². The van der Waals surface area contributed by atoms with Crippen LogP contribution in [0.5, 0.6) is 5.75 Å². The minimum atomic E-state index is -0.927. The molecular formula is C21H24N2O5. The van der Waals surface area contributed by atoms with Crippen molar-refractivity contribution < 1.29 is 19.1 Å². The monoisotopic (exact) mass is 384 g/mol. The summed E-state index contributed by atoms with van der Waals surface area (Å²) in [5.41, 5.74) is 0.312. The van der Waals surface area contributed by atoms with Crippen molar-refractivity contribution in [3.8, 4) is 5.75 Å². The third-order valence-corrected chi connectivity index (χ3v) is 4.89. The normalized spacial score (nSPS) is 16.7. The lowest BCUT2D eigenvalue weighted by molar-refractivity contribution is -0.127. The summed E-state index contributed by atoms with van der Waals surface area (Å²) >= 11 is 0. The molecule has 2 amide bonds. The number of aryl methyl sites for hydroxylation is 2. The first-order valence-corrected chi connectivity index (χ1v) is 9.20. The van der Waals surface area contributed by atoms with E-state index in [1.165, 1.54) is 6.07 Å². The minimum absolute atomic E-state index is 0.0519. The Labute approximate surface area is 162 Å². The second-order valence-electron chi connectivity index (χ2n) is 7.76. The van der Waals surface area contributed by atoms with E-state index in [2.05, 4.69) is 10.6 Å². The summed E-state index contributed by atoms with van der Waals surface area (Å²) in [6, 6.07) is 8.09. The molecule has 7 nitrogen and oxygen atoms in total. The van der Waals surface area contributed by atoms with Gasteiger partial charge in [0.15, 0.2) is 5.76 Å². The molecule has 1 aliphatic rings. The lowest BCUT2D eigenvalue weighted by Gasteiger charge is -2.25. The Balaban J connectivity index is 1.72. The smallest absolute Gasteiger partial charge is 0.246 e. The molecule has 1 unspecified atom stereocenters. The van der Waals surface area contributed by atoms with Gasteiger partial charge in [0.25, 0.3) is 0 Å². The fraction of sp³-hybridized carbons (Fsp3) is 0.381. The molecule has 1 atom stereocenters. The number of rotatable bonds is 4. The predicted octanol–water partition coefficient (Wildman–Crippen LogP) is 2.39. The van der Waals surface area contributed by atoms with Gasteiger partial charge >= 0.3 is 0 Å². The molecule has 3 rings (SSSR count). The van der Waals surface area contributed by atoms with Crippen molar-refractivity contribution in [3.05, 3.63) is 57.6 Å². The van der Waals surface area contributed by atoms with Crippen LogP contribution in [0.4, 0.5) is 5.69 Å². The van der Waals surface area contributed by atoms with E-state index in [1.54, 1.807) is 20.8 Å². The zero-order valence-electron chi connectivity index (χ0n) is 16.2. The summed E-state index contributed by atoms with van der Waals surface area (Å²) < 4.78 is 5.52. The Morgan fingerprint density at radius 3 is 2.79 bits per heavy atom. The number of hydrogen-bond donors (Lipinski definition) is 3. The fourth-order valence-corrected chi connectivity index (χ4v) is 3.44. The predicted molar refractivity (Wildman–Crippen MR) is 104 cm³/mol. The van der Waals surface area contributed by atoms with E-state index in [1.807, 2.05) is 24.3 Å².